The summed E-state index contributed by atoms with van der Waals surface area (Å²) in [5, 5.41) is 4.13. The highest BCUT2D eigenvalue weighted by atomic mass is 19.3. The maximum absolute atomic E-state index is 12.9. The van der Waals surface area contributed by atoms with E-state index in [1.165, 1.54) is 5.56 Å². The van der Waals surface area contributed by atoms with E-state index in [0.717, 1.165) is 74.8 Å². The van der Waals surface area contributed by atoms with E-state index < -0.39 is 13.0 Å². The average molecular weight is 495 g/mol. The predicted molar refractivity (Wildman–Crippen MR) is 134 cm³/mol. The summed E-state index contributed by atoms with van der Waals surface area (Å²) in [6.45, 7) is 2.08. The third kappa shape index (κ3) is 5.98. The van der Waals surface area contributed by atoms with Gasteiger partial charge in [-0.1, -0.05) is 18.2 Å². The van der Waals surface area contributed by atoms with Crippen molar-refractivity contribution >= 4 is 16.8 Å². The summed E-state index contributed by atoms with van der Waals surface area (Å²) >= 11 is 0. The molecule has 2 aromatic heterocycles. The number of hydrogen-bond acceptors (Lipinski definition) is 5. The van der Waals surface area contributed by atoms with Crippen LogP contribution in [0.1, 0.15) is 53.7 Å². The Morgan fingerprint density at radius 1 is 1.11 bits per heavy atom. The number of carbonyl (C=O) groups is 1. The quantitative estimate of drug-likeness (QED) is 0.477. The number of amides is 1. The second-order valence-electron chi connectivity index (χ2n) is 9.84. The van der Waals surface area contributed by atoms with Crippen LogP contribution in [0, 0.1) is 5.92 Å². The summed E-state index contributed by atoms with van der Waals surface area (Å²) in [5.74, 6) is 0.902. The van der Waals surface area contributed by atoms with E-state index in [4.69, 9.17) is 4.74 Å². The van der Waals surface area contributed by atoms with Gasteiger partial charge in [0.05, 0.1) is 11.2 Å². The molecule has 0 radical (unpaired) electrons. The van der Waals surface area contributed by atoms with Gasteiger partial charge in [-0.3, -0.25) is 14.7 Å². The van der Waals surface area contributed by atoms with Gasteiger partial charge in [0.15, 0.2) is 6.61 Å². The Morgan fingerprint density at radius 3 is 2.81 bits per heavy atom. The Labute approximate surface area is 210 Å². The van der Waals surface area contributed by atoms with E-state index in [1.54, 1.807) is 12.3 Å². The summed E-state index contributed by atoms with van der Waals surface area (Å²) in [6, 6.07) is 13.3. The van der Waals surface area contributed by atoms with Gasteiger partial charge in [-0.15, -0.1) is 0 Å². The molecule has 1 saturated carbocycles. The van der Waals surface area contributed by atoms with Gasteiger partial charge in [-0.05, 0) is 74.8 Å². The zero-order valence-corrected chi connectivity index (χ0v) is 20.3. The first kappa shape index (κ1) is 24.6. The summed E-state index contributed by atoms with van der Waals surface area (Å²) in [7, 11) is 0. The van der Waals surface area contributed by atoms with Gasteiger partial charge < -0.3 is 10.1 Å². The fourth-order valence-corrected chi connectivity index (χ4v) is 5.39. The minimum absolute atomic E-state index is 0.0200. The summed E-state index contributed by atoms with van der Waals surface area (Å²) < 4.78 is 30.0. The normalized spacial score (nSPS) is 20.3. The SMILES string of the molecule is O=C(NC1CCC(CCN2CCc3ccc(OCC(F)F)nc3C2)CC1)c1cccc2ncccc12. The van der Waals surface area contributed by atoms with Crippen LogP contribution >= 0.6 is 0 Å². The number of carbonyl (C=O) groups excluding carboxylic acids is 1. The lowest BCUT2D eigenvalue weighted by Crippen LogP contribution is -2.38. The number of hydrogen-bond donors (Lipinski definition) is 1. The van der Waals surface area contributed by atoms with Crippen LogP contribution in [0.5, 0.6) is 5.88 Å². The Hall–Kier alpha value is -3.13. The molecular formula is C28H32F2N4O2. The molecule has 1 aliphatic heterocycles. The monoisotopic (exact) mass is 494 g/mol. The summed E-state index contributed by atoms with van der Waals surface area (Å²) in [6.07, 6.45) is 5.48. The van der Waals surface area contributed by atoms with Crippen LogP contribution in [0.2, 0.25) is 0 Å². The fraction of sp³-hybridized carbons (Fsp3) is 0.464. The molecule has 190 valence electrons. The highest BCUT2D eigenvalue weighted by molar-refractivity contribution is 6.06. The van der Waals surface area contributed by atoms with Gasteiger partial charge in [0.25, 0.3) is 12.3 Å². The minimum Gasteiger partial charge on any atom is -0.472 e. The second-order valence-corrected chi connectivity index (χ2v) is 9.84. The molecular weight excluding hydrogens is 462 g/mol. The number of rotatable bonds is 8. The van der Waals surface area contributed by atoms with Crippen LogP contribution < -0.4 is 10.1 Å². The maximum atomic E-state index is 12.9. The maximum Gasteiger partial charge on any atom is 0.272 e. The van der Waals surface area contributed by atoms with Crippen molar-refractivity contribution < 1.29 is 18.3 Å². The van der Waals surface area contributed by atoms with Crippen molar-refractivity contribution in [1.29, 1.82) is 0 Å². The molecule has 1 amide bonds. The van der Waals surface area contributed by atoms with E-state index in [9.17, 15) is 13.6 Å². The van der Waals surface area contributed by atoms with Gasteiger partial charge in [-0.2, -0.15) is 0 Å². The molecule has 1 aromatic carbocycles. The van der Waals surface area contributed by atoms with Gasteiger partial charge in [-0.25, -0.2) is 13.8 Å². The number of aromatic nitrogens is 2. The number of fused-ring (bicyclic) bond motifs is 2. The number of alkyl halides is 2. The molecule has 1 aliphatic carbocycles. The molecule has 0 spiro atoms. The van der Waals surface area contributed by atoms with Crippen molar-refractivity contribution in [2.75, 3.05) is 19.7 Å². The lowest BCUT2D eigenvalue weighted by Gasteiger charge is -2.32. The molecule has 0 saturated heterocycles. The molecule has 6 nitrogen and oxygen atoms in total. The topological polar surface area (TPSA) is 67.4 Å². The number of nitrogens with one attached hydrogen (secondary N) is 1. The molecule has 0 atom stereocenters. The van der Waals surface area contributed by atoms with Crippen LogP contribution in [0.3, 0.4) is 0 Å². The smallest absolute Gasteiger partial charge is 0.272 e. The molecule has 5 rings (SSSR count). The second kappa shape index (κ2) is 11.3. The average Bonchev–Trinajstić information content (AvgIpc) is 2.91. The first-order chi connectivity index (χ1) is 17.5. The molecule has 8 heteroatoms. The number of ether oxygens (including phenoxy) is 1. The molecule has 3 heterocycles. The molecule has 0 bridgehead atoms. The van der Waals surface area contributed by atoms with Crippen molar-refractivity contribution in [3.8, 4) is 5.88 Å². The number of benzene rings is 1. The molecule has 2 aliphatic rings. The van der Waals surface area contributed by atoms with E-state index >= 15 is 0 Å². The standard InChI is InChI=1S/C28H32F2N4O2/c29-26(30)18-36-27-11-8-20-13-16-34(17-25(20)33-27)15-12-19-6-9-21(10-7-19)32-28(35)23-3-1-5-24-22(23)4-2-14-31-24/h1-5,8,11,14,19,21,26H,6-7,9-10,12-13,15-18H2,(H,32,35). The molecule has 36 heavy (non-hydrogen) atoms. The van der Waals surface area contributed by atoms with Crippen LogP contribution in [0.4, 0.5) is 8.78 Å². The van der Waals surface area contributed by atoms with Crippen LogP contribution in [0.15, 0.2) is 48.7 Å². The third-order valence-electron chi connectivity index (χ3n) is 7.40. The van der Waals surface area contributed by atoms with Gasteiger partial charge in [0.2, 0.25) is 5.88 Å². The van der Waals surface area contributed by atoms with Crippen LogP contribution in [-0.4, -0.2) is 52.9 Å². The highest BCUT2D eigenvalue weighted by Crippen LogP contribution is 2.29. The largest absolute Gasteiger partial charge is 0.472 e. The third-order valence-corrected chi connectivity index (χ3v) is 7.40. The van der Waals surface area contributed by atoms with Gasteiger partial charge in [0, 0.05) is 42.3 Å². The number of nitrogens with zero attached hydrogens (tertiary/aromatic N) is 3. The zero-order chi connectivity index (χ0) is 24.9. The van der Waals surface area contributed by atoms with E-state index in [0.29, 0.717) is 11.5 Å². The summed E-state index contributed by atoms with van der Waals surface area (Å²) in [5.41, 5.74) is 3.63. The predicted octanol–water partition coefficient (Wildman–Crippen LogP) is 5.01. The van der Waals surface area contributed by atoms with Gasteiger partial charge in [0.1, 0.15) is 0 Å². The van der Waals surface area contributed by atoms with Crippen LogP contribution in [0.25, 0.3) is 10.9 Å². The number of halogens is 2. The minimum atomic E-state index is -2.50. The van der Waals surface area contributed by atoms with Gasteiger partial charge >= 0.3 is 0 Å². The van der Waals surface area contributed by atoms with Crippen molar-refractivity contribution in [2.45, 2.75) is 57.5 Å². The fourth-order valence-electron chi connectivity index (χ4n) is 5.39. The molecule has 1 fully saturated rings. The van der Waals surface area contributed by atoms with Crippen molar-refractivity contribution in [1.82, 2.24) is 20.2 Å². The molecule has 3 aromatic rings. The first-order valence-electron chi connectivity index (χ1n) is 12.8. The van der Waals surface area contributed by atoms with Crippen molar-refractivity contribution in [2.24, 2.45) is 5.92 Å². The Balaban J connectivity index is 1.08. The lowest BCUT2D eigenvalue weighted by molar-refractivity contribution is 0.0792. The summed E-state index contributed by atoms with van der Waals surface area (Å²) in [4.78, 5) is 24.2. The zero-order valence-electron chi connectivity index (χ0n) is 20.3. The Kier molecular flexibility index (Phi) is 7.70. The van der Waals surface area contributed by atoms with Crippen molar-refractivity contribution in [3.05, 3.63) is 65.5 Å². The van der Waals surface area contributed by atoms with E-state index in [1.807, 2.05) is 36.4 Å². The van der Waals surface area contributed by atoms with E-state index in [-0.39, 0.29) is 17.8 Å². The highest BCUT2D eigenvalue weighted by Gasteiger charge is 2.25. The Bertz CT molecular complexity index is 1190. The van der Waals surface area contributed by atoms with Crippen molar-refractivity contribution in [3.63, 3.8) is 0 Å². The Morgan fingerprint density at radius 2 is 1.97 bits per heavy atom. The first-order valence-corrected chi connectivity index (χ1v) is 12.8. The molecule has 0 unspecified atom stereocenters. The van der Waals surface area contributed by atoms with E-state index in [2.05, 4.69) is 20.2 Å². The van der Waals surface area contributed by atoms with Crippen LogP contribution in [-0.2, 0) is 13.0 Å². The number of pyridine rings is 2. The molecule has 1 N–H and O–H groups in total. The lowest BCUT2D eigenvalue weighted by atomic mass is 9.83.